The van der Waals surface area contributed by atoms with Crippen molar-refractivity contribution in [3.8, 4) is 33.8 Å². The van der Waals surface area contributed by atoms with Gasteiger partial charge in [-0.05, 0) is 113 Å². The number of benzene rings is 8. The molecule has 0 bridgehead atoms. The fraction of sp³-hybridized carbons (Fsp3) is 0.0400. The Balaban J connectivity index is 1.10. The smallest absolute Gasteiger partial charge is 0.256 e. The standard InChI is InChI=1S/C50H37BN2O/c1-34-16-23-42(24-17-34)53-46-31-18-35(2)32-45(46)51-44-30-29-43(33-49(44)54-48-15-9-14-47(53)50(48)51)52(40-25-19-38(20-26-40)36-10-5-3-6-11-36)41-27-21-39(22-28-41)37-12-7-4-8-13-37/h3-33H,1-2H3. The summed E-state index contributed by atoms with van der Waals surface area (Å²) < 4.78 is 6.94. The lowest BCUT2D eigenvalue weighted by atomic mass is 9.34. The Kier molecular flexibility index (Phi) is 7.69. The van der Waals surface area contributed by atoms with E-state index >= 15 is 0 Å². The third-order valence-corrected chi connectivity index (χ3v) is 10.9. The number of rotatable bonds is 6. The first kappa shape index (κ1) is 31.9. The highest BCUT2D eigenvalue weighted by Crippen LogP contribution is 2.43. The predicted octanol–water partition coefficient (Wildman–Crippen LogP) is 11.5. The Morgan fingerprint density at radius 2 is 1.00 bits per heavy atom. The SMILES string of the molecule is Cc1ccc(N2c3ccc(C)cc3B3c4ccc(N(c5ccc(-c6ccccc6)cc5)c5ccc(-c6ccccc6)cc5)cc4Oc4cccc2c43)cc1. The van der Waals surface area contributed by atoms with Gasteiger partial charge in [-0.15, -0.1) is 0 Å². The first-order valence-corrected chi connectivity index (χ1v) is 18.6. The summed E-state index contributed by atoms with van der Waals surface area (Å²) in [6, 6.07) is 67.7. The molecule has 8 aromatic carbocycles. The number of aryl methyl sites for hydroxylation is 2. The Morgan fingerprint density at radius 1 is 0.426 bits per heavy atom. The summed E-state index contributed by atoms with van der Waals surface area (Å²) in [5, 5.41) is 0. The van der Waals surface area contributed by atoms with Gasteiger partial charge < -0.3 is 14.5 Å². The topological polar surface area (TPSA) is 15.7 Å². The maximum atomic E-state index is 6.94. The van der Waals surface area contributed by atoms with Crippen LogP contribution in [0.4, 0.5) is 34.1 Å². The molecular formula is C50H37BN2O. The molecule has 2 aliphatic rings. The van der Waals surface area contributed by atoms with Gasteiger partial charge in [0.1, 0.15) is 11.5 Å². The molecule has 0 aliphatic carbocycles. The highest BCUT2D eigenvalue weighted by atomic mass is 16.5. The van der Waals surface area contributed by atoms with Gasteiger partial charge in [-0.1, -0.05) is 132 Å². The fourth-order valence-corrected chi connectivity index (χ4v) is 8.22. The number of fused-ring (bicyclic) bond motifs is 4. The molecule has 0 amide bonds. The molecule has 256 valence electrons. The normalized spacial score (nSPS) is 12.3. The van der Waals surface area contributed by atoms with Crippen LogP contribution in [0.3, 0.4) is 0 Å². The van der Waals surface area contributed by atoms with E-state index < -0.39 is 0 Å². The van der Waals surface area contributed by atoms with Gasteiger partial charge in [-0.25, -0.2) is 0 Å². The number of nitrogens with zero attached hydrogens (tertiary/aromatic N) is 2. The van der Waals surface area contributed by atoms with Crippen molar-refractivity contribution in [1.29, 1.82) is 0 Å². The number of hydrogen-bond acceptors (Lipinski definition) is 3. The lowest BCUT2D eigenvalue weighted by Crippen LogP contribution is -2.59. The van der Waals surface area contributed by atoms with E-state index in [1.165, 1.54) is 55.5 Å². The Bertz CT molecular complexity index is 2560. The minimum Gasteiger partial charge on any atom is -0.458 e. The molecule has 8 aromatic rings. The summed E-state index contributed by atoms with van der Waals surface area (Å²) in [6.07, 6.45) is 0. The summed E-state index contributed by atoms with van der Waals surface area (Å²) in [7, 11) is 0. The first-order valence-electron chi connectivity index (χ1n) is 18.6. The van der Waals surface area contributed by atoms with Crippen LogP contribution in [-0.4, -0.2) is 6.71 Å². The lowest BCUT2D eigenvalue weighted by Gasteiger charge is -2.40. The molecule has 10 rings (SSSR count). The first-order chi connectivity index (χ1) is 26.6. The molecule has 0 radical (unpaired) electrons. The molecule has 0 saturated heterocycles. The molecule has 0 fully saturated rings. The van der Waals surface area contributed by atoms with Crippen LogP contribution in [-0.2, 0) is 0 Å². The fourth-order valence-electron chi connectivity index (χ4n) is 8.22. The van der Waals surface area contributed by atoms with Gasteiger partial charge in [-0.3, -0.25) is 0 Å². The summed E-state index contributed by atoms with van der Waals surface area (Å²) in [4.78, 5) is 4.73. The van der Waals surface area contributed by atoms with Gasteiger partial charge >= 0.3 is 0 Å². The summed E-state index contributed by atoms with van der Waals surface area (Å²) >= 11 is 0. The summed E-state index contributed by atoms with van der Waals surface area (Å²) in [5.74, 6) is 1.78. The molecule has 0 atom stereocenters. The summed E-state index contributed by atoms with van der Waals surface area (Å²) in [5.41, 5.74) is 17.6. The van der Waals surface area contributed by atoms with Crippen molar-refractivity contribution in [2.45, 2.75) is 13.8 Å². The van der Waals surface area contributed by atoms with Crippen LogP contribution in [0.15, 0.2) is 188 Å². The van der Waals surface area contributed by atoms with Crippen LogP contribution in [0.2, 0.25) is 0 Å². The Hall–Kier alpha value is -6.78. The van der Waals surface area contributed by atoms with Gasteiger partial charge in [0.05, 0.1) is 0 Å². The maximum absolute atomic E-state index is 6.94. The zero-order chi connectivity index (χ0) is 36.2. The van der Waals surface area contributed by atoms with Gasteiger partial charge in [-0.2, -0.15) is 0 Å². The second-order valence-electron chi connectivity index (χ2n) is 14.3. The Labute approximate surface area is 317 Å². The molecule has 54 heavy (non-hydrogen) atoms. The zero-order valence-electron chi connectivity index (χ0n) is 30.3. The van der Waals surface area contributed by atoms with Gasteiger partial charge in [0.15, 0.2) is 0 Å². The van der Waals surface area contributed by atoms with E-state index in [2.05, 4.69) is 212 Å². The summed E-state index contributed by atoms with van der Waals surface area (Å²) in [6.45, 7) is 4.36. The number of ether oxygens (including phenoxy) is 1. The highest BCUT2D eigenvalue weighted by Gasteiger charge is 2.41. The van der Waals surface area contributed by atoms with Crippen LogP contribution in [0.5, 0.6) is 11.5 Å². The molecule has 0 N–H and O–H groups in total. The zero-order valence-corrected chi connectivity index (χ0v) is 30.3. The monoisotopic (exact) mass is 692 g/mol. The quantitative estimate of drug-likeness (QED) is 0.161. The Morgan fingerprint density at radius 3 is 1.63 bits per heavy atom. The van der Waals surface area contributed by atoms with Gasteiger partial charge in [0.25, 0.3) is 6.71 Å². The minimum atomic E-state index is 0.0364. The number of hydrogen-bond donors (Lipinski definition) is 0. The molecule has 0 saturated carbocycles. The van der Waals surface area contributed by atoms with Gasteiger partial charge in [0, 0.05) is 40.2 Å². The van der Waals surface area contributed by atoms with Crippen LogP contribution in [0, 0.1) is 13.8 Å². The molecular weight excluding hydrogens is 655 g/mol. The van der Waals surface area contributed by atoms with Crippen LogP contribution < -0.4 is 30.9 Å². The van der Waals surface area contributed by atoms with E-state index in [1.807, 2.05) is 0 Å². The van der Waals surface area contributed by atoms with Crippen molar-refractivity contribution < 1.29 is 4.74 Å². The molecule has 0 spiro atoms. The van der Waals surface area contributed by atoms with Crippen molar-refractivity contribution >= 4 is 57.2 Å². The van der Waals surface area contributed by atoms with Gasteiger partial charge in [0.2, 0.25) is 0 Å². The largest absolute Gasteiger partial charge is 0.458 e. The van der Waals surface area contributed by atoms with Crippen molar-refractivity contribution in [1.82, 2.24) is 0 Å². The molecule has 4 heteroatoms. The van der Waals surface area contributed by atoms with Crippen LogP contribution >= 0.6 is 0 Å². The minimum absolute atomic E-state index is 0.0364. The molecule has 3 nitrogen and oxygen atoms in total. The number of anilines is 6. The molecule has 2 heterocycles. The van der Waals surface area contributed by atoms with Crippen molar-refractivity contribution in [3.63, 3.8) is 0 Å². The third kappa shape index (κ3) is 5.46. The predicted molar refractivity (Wildman–Crippen MR) is 227 cm³/mol. The van der Waals surface area contributed by atoms with E-state index in [0.29, 0.717) is 0 Å². The van der Waals surface area contributed by atoms with E-state index in [0.717, 1.165) is 39.9 Å². The van der Waals surface area contributed by atoms with Crippen LogP contribution in [0.1, 0.15) is 11.1 Å². The third-order valence-electron chi connectivity index (χ3n) is 10.9. The second-order valence-corrected chi connectivity index (χ2v) is 14.3. The van der Waals surface area contributed by atoms with Crippen molar-refractivity contribution in [2.24, 2.45) is 0 Å². The van der Waals surface area contributed by atoms with Crippen LogP contribution in [0.25, 0.3) is 22.3 Å². The van der Waals surface area contributed by atoms with E-state index in [-0.39, 0.29) is 6.71 Å². The molecule has 2 aliphatic heterocycles. The molecule has 0 unspecified atom stereocenters. The van der Waals surface area contributed by atoms with Crippen molar-refractivity contribution in [2.75, 3.05) is 9.80 Å². The average molecular weight is 693 g/mol. The van der Waals surface area contributed by atoms with E-state index in [9.17, 15) is 0 Å². The molecule has 0 aromatic heterocycles. The average Bonchev–Trinajstić information content (AvgIpc) is 3.22. The maximum Gasteiger partial charge on any atom is 0.256 e. The lowest BCUT2D eigenvalue weighted by molar-refractivity contribution is 0.487. The van der Waals surface area contributed by atoms with E-state index in [1.54, 1.807) is 0 Å². The van der Waals surface area contributed by atoms with E-state index in [4.69, 9.17) is 4.74 Å². The second kappa shape index (κ2) is 13.0. The van der Waals surface area contributed by atoms with Crippen molar-refractivity contribution in [3.05, 3.63) is 199 Å². The highest BCUT2D eigenvalue weighted by molar-refractivity contribution is 6.99.